The molecule has 2 atom stereocenters. The van der Waals surface area contributed by atoms with Gasteiger partial charge >= 0.3 is 0 Å². The minimum Gasteiger partial charge on any atom is -0.316 e. The van der Waals surface area contributed by atoms with Crippen LogP contribution in [0, 0.1) is 17.8 Å². The van der Waals surface area contributed by atoms with Crippen LogP contribution in [0.1, 0.15) is 16.8 Å². The third-order valence-corrected chi connectivity index (χ3v) is 6.37. The fourth-order valence-electron chi connectivity index (χ4n) is 4.13. The molecule has 1 saturated heterocycles. The molecule has 4 heteroatoms. The van der Waals surface area contributed by atoms with Gasteiger partial charge in [0.1, 0.15) is 0 Å². The minimum absolute atomic E-state index is 0.269. The van der Waals surface area contributed by atoms with Crippen molar-refractivity contribution in [2.24, 2.45) is 17.8 Å². The summed E-state index contributed by atoms with van der Waals surface area (Å²) >= 11 is 1.66. The van der Waals surface area contributed by atoms with Gasteiger partial charge in [-0.15, -0.1) is 11.3 Å². The van der Waals surface area contributed by atoms with Gasteiger partial charge in [0.25, 0.3) is 0 Å². The van der Waals surface area contributed by atoms with Gasteiger partial charge in [-0.2, -0.15) is 0 Å². The summed E-state index contributed by atoms with van der Waals surface area (Å²) in [6.07, 6.45) is 0.675. The highest BCUT2D eigenvalue weighted by atomic mass is 32.1. The lowest BCUT2D eigenvalue weighted by atomic mass is 9.99. The predicted octanol–water partition coefficient (Wildman–Crippen LogP) is 4.00. The maximum atomic E-state index is 13.0. The number of fused-ring (bicyclic) bond motifs is 2. The smallest absolute Gasteiger partial charge is 0.163 e. The fraction of sp³-hybridized carbons (Fsp3) is 0.300. The molecule has 24 heavy (non-hydrogen) atoms. The molecule has 1 N–H and O–H groups in total. The molecule has 2 unspecified atom stereocenters. The van der Waals surface area contributed by atoms with Gasteiger partial charge in [-0.05, 0) is 54.4 Å². The number of nitrogens with one attached hydrogen (secondary N) is 1. The molecule has 3 aromatic rings. The lowest BCUT2D eigenvalue weighted by molar-refractivity contribution is 0.0973. The van der Waals surface area contributed by atoms with E-state index in [1.807, 2.05) is 41.8 Å². The Kier molecular flexibility index (Phi) is 3.28. The summed E-state index contributed by atoms with van der Waals surface area (Å²) < 4.78 is 0. The van der Waals surface area contributed by atoms with E-state index in [-0.39, 0.29) is 5.78 Å². The first-order valence-corrected chi connectivity index (χ1v) is 9.37. The fourth-order valence-corrected chi connectivity index (χ4v) is 4.82. The number of para-hydroxylation sites is 1. The zero-order chi connectivity index (χ0) is 16.1. The topological polar surface area (TPSA) is 42.0 Å². The highest BCUT2D eigenvalue weighted by Gasteiger charge is 2.53. The second kappa shape index (κ2) is 5.50. The van der Waals surface area contributed by atoms with E-state index in [1.54, 1.807) is 11.3 Å². The first kappa shape index (κ1) is 14.3. The second-order valence-corrected chi connectivity index (χ2v) is 7.77. The van der Waals surface area contributed by atoms with Gasteiger partial charge < -0.3 is 5.32 Å². The first-order valence-electron chi connectivity index (χ1n) is 8.49. The van der Waals surface area contributed by atoms with Gasteiger partial charge in [-0.3, -0.25) is 4.79 Å². The third kappa shape index (κ3) is 2.29. The molecule has 1 aromatic carbocycles. The van der Waals surface area contributed by atoms with E-state index in [0.29, 0.717) is 12.3 Å². The van der Waals surface area contributed by atoms with Crippen molar-refractivity contribution in [3.63, 3.8) is 0 Å². The van der Waals surface area contributed by atoms with Crippen LogP contribution in [0.4, 0.5) is 0 Å². The third-order valence-electron chi connectivity index (χ3n) is 5.48. The molecular weight excluding hydrogens is 316 g/mol. The molecule has 3 nitrogen and oxygen atoms in total. The number of Topliss-reactive ketones (excluding diaryl/α,β-unsaturated/α-hetero) is 1. The number of pyridine rings is 1. The first-order chi connectivity index (χ1) is 11.8. The molecule has 120 valence electrons. The lowest BCUT2D eigenvalue weighted by Crippen LogP contribution is -2.16. The normalized spacial score (nSPS) is 24.9. The van der Waals surface area contributed by atoms with E-state index in [1.165, 1.54) is 0 Å². The van der Waals surface area contributed by atoms with E-state index in [0.717, 1.165) is 52.0 Å². The molecule has 2 aromatic heterocycles. The second-order valence-electron chi connectivity index (χ2n) is 6.83. The van der Waals surface area contributed by atoms with Crippen molar-refractivity contribution >= 4 is 28.0 Å². The summed E-state index contributed by atoms with van der Waals surface area (Å²) in [4.78, 5) is 18.9. The molecular formula is C20H18N2OS. The van der Waals surface area contributed by atoms with Gasteiger partial charge in [-0.1, -0.05) is 24.3 Å². The molecule has 0 bridgehead atoms. The van der Waals surface area contributed by atoms with E-state index in [2.05, 4.69) is 11.4 Å². The van der Waals surface area contributed by atoms with E-state index >= 15 is 0 Å². The zero-order valence-electron chi connectivity index (χ0n) is 13.2. The number of ketones is 1. The number of carbonyl (C=O) groups excluding carboxylic acids is 1. The van der Waals surface area contributed by atoms with Gasteiger partial charge in [0.05, 0.1) is 16.1 Å². The van der Waals surface area contributed by atoms with Crippen LogP contribution in [0.25, 0.3) is 21.5 Å². The van der Waals surface area contributed by atoms with Crippen LogP contribution in [0.15, 0.2) is 47.8 Å². The Labute approximate surface area is 144 Å². The number of thiophene rings is 1. The Hall–Kier alpha value is -2.04. The standard InChI is InChI=1S/C20H18N2OS/c23-19(9-13-15-10-21-11-16(13)15)14-8-18(20-6-3-7-24-20)22-17-5-2-1-4-12(14)17/h1-8,13,15-16,21H,9-11H2. The maximum absolute atomic E-state index is 13.0. The highest BCUT2D eigenvalue weighted by molar-refractivity contribution is 7.13. The largest absolute Gasteiger partial charge is 0.316 e. The Bertz CT molecular complexity index is 909. The number of benzene rings is 1. The number of rotatable bonds is 4. The van der Waals surface area contributed by atoms with Crippen LogP contribution >= 0.6 is 11.3 Å². The summed E-state index contributed by atoms with van der Waals surface area (Å²) in [6, 6.07) is 14.1. The number of hydrogen-bond acceptors (Lipinski definition) is 4. The molecule has 0 spiro atoms. The van der Waals surface area contributed by atoms with Crippen molar-refractivity contribution in [2.45, 2.75) is 6.42 Å². The van der Waals surface area contributed by atoms with Crippen molar-refractivity contribution in [3.8, 4) is 10.6 Å². The molecule has 0 radical (unpaired) electrons. The molecule has 2 fully saturated rings. The monoisotopic (exact) mass is 334 g/mol. The molecule has 1 aliphatic carbocycles. The number of carbonyl (C=O) groups is 1. The van der Waals surface area contributed by atoms with Crippen LogP contribution in [-0.2, 0) is 0 Å². The van der Waals surface area contributed by atoms with Crippen molar-refractivity contribution in [1.82, 2.24) is 10.3 Å². The minimum atomic E-state index is 0.269. The summed E-state index contributed by atoms with van der Waals surface area (Å²) in [5.74, 6) is 2.29. The number of hydrogen-bond donors (Lipinski definition) is 1. The van der Waals surface area contributed by atoms with Gasteiger partial charge in [0.15, 0.2) is 5.78 Å². The predicted molar refractivity (Wildman–Crippen MR) is 97.3 cm³/mol. The summed E-state index contributed by atoms with van der Waals surface area (Å²) in [5, 5.41) is 6.43. The number of nitrogens with zero attached hydrogens (tertiary/aromatic N) is 1. The Morgan fingerprint density at radius 3 is 2.79 bits per heavy atom. The van der Waals surface area contributed by atoms with Gasteiger partial charge in [0.2, 0.25) is 0 Å². The zero-order valence-corrected chi connectivity index (χ0v) is 14.1. The summed E-state index contributed by atoms with van der Waals surface area (Å²) in [7, 11) is 0. The maximum Gasteiger partial charge on any atom is 0.163 e. The van der Waals surface area contributed by atoms with Crippen molar-refractivity contribution in [3.05, 3.63) is 53.4 Å². The molecule has 3 heterocycles. The van der Waals surface area contributed by atoms with Crippen molar-refractivity contribution in [2.75, 3.05) is 13.1 Å². The van der Waals surface area contributed by atoms with Crippen molar-refractivity contribution < 1.29 is 4.79 Å². The lowest BCUT2D eigenvalue weighted by Gasteiger charge is -2.09. The van der Waals surface area contributed by atoms with Gasteiger partial charge in [-0.25, -0.2) is 4.98 Å². The van der Waals surface area contributed by atoms with Crippen molar-refractivity contribution in [1.29, 1.82) is 0 Å². The summed E-state index contributed by atoms with van der Waals surface area (Å²) in [5.41, 5.74) is 2.65. The number of piperidine rings is 1. The van der Waals surface area contributed by atoms with Crippen LogP contribution < -0.4 is 5.32 Å². The summed E-state index contributed by atoms with van der Waals surface area (Å²) in [6.45, 7) is 2.17. The molecule has 1 aliphatic heterocycles. The Morgan fingerprint density at radius 2 is 2.00 bits per heavy atom. The Balaban J connectivity index is 1.54. The van der Waals surface area contributed by atoms with E-state index in [9.17, 15) is 4.79 Å². The quantitative estimate of drug-likeness (QED) is 0.733. The molecule has 1 saturated carbocycles. The van der Waals surface area contributed by atoms with Crippen LogP contribution in [0.5, 0.6) is 0 Å². The van der Waals surface area contributed by atoms with Crippen LogP contribution in [0.2, 0.25) is 0 Å². The molecule has 5 rings (SSSR count). The molecule has 0 amide bonds. The van der Waals surface area contributed by atoms with Crippen LogP contribution in [-0.4, -0.2) is 23.9 Å². The highest BCUT2D eigenvalue weighted by Crippen LogP contribution is 2.51. The average Bonchev–Trinajstić information content (AvgIpc) is 3.08. The van der Waals surface area contributed by atoms with E-state index < -0.39 is 0 Å². The number of aromatic nitrogens is 1. The Morgan fingerprint density at radius 1 is 1.17 bits per heavy atom. The average molecular weight is 334 g/mol. The van der Waals surface area contributed by atoms with Crippen LogP contribution in [0.3, 0.4) is 0 Å². The van der Waals surface area contributed by atoms with Gasteiger partial charge in [0, 0.05) is 17.4 Å². The molecule has 2 aliphatic rings. The van der Waals surface area contributed by atoms with E-state index in [4.69, 9.17) is 4.98 Å². The SMILES string of the molecule is O=C(CC1C2CNCC21)c1cc(-c2cccs2)nc2ccccc12.